The highest BCUT2D eigenvalue weighted by atomic mass is 79.9. The fraction of sp³-hybridized carbons (Fsp3) is 0.625. The van der Waals surface area contributed by atoms with Crippen LogP contribution in [0.2, 0.25) is 0 Å². The molecule has 2 heterocycles. The number of unbranched alkanes of at least 4 members (excludes halogenated alkanes) is 6. The summed E-state index contributed by atoms with van der Waals surface area (Å²) in [4.78, 5) is 46.7. The van der Waals surface area contributed by atoms with Gasteiger partial charge in [-0.25, -0.2) is 4.98 Å². The lowest BCUT2D eigenvalue weighted by atomic mass is 9.85. The zero-order valence-corrected chi connectivity index (χ0v) is 27.9. The van der Waals surface area contributed by atoms with E-state index >= 15 is 0 Å². The number of halogens is 1. The number of carbonyl (C=O) groups excluding carboxylic acids is 3. The molecule has 42 heavy (non-hydrogen) atoms. The number of hydrogen-bond acceptors (Lipinski definition) is 6. The Hall–Kier alpha value is -2.30. The summed E-state index contributed by atoms with van der Waals surface area (Å²) in [5, 5.41) is 17.4. The van der Waals surface area contributed by atoms with Crippen molar-refractivity contribution in [3.63, 3.8) is 0 Å². The highest BCUT2D eigenvalue weighted by Gasteiger charge is 2.44. The summed E-state index contributed by atoms with van der Waals surface area (Å²) >= 11 is 5.05. The van der Waals surface area contributed by atoms with Gasteiger partial charge in [0.1, 0.15) is 12.1 Å². The predicted molar refractivity (Wildman–Crippen MR) is 172 cm³/mol. The summed E-state index contributed by atoms with van der Waals surface area (Å²) in [7, 11) is 0. The number of aliphatic hydroxyl groups excluding tert-OH is 1. The molecule has 0 bridgehead atoms. The number of aliphatic hydroxyl groups is 1. The van der Waals surface area contributed by atoms with E-state index in [-0.39, 0.29) is 30.7 Å². The molecule has 1 fully saturated rings. The summed E-state index contributed by atoms with van der Waals surface area (Å²) in [6, 6.07) is 6.38. The number of thiazole rings is 1. The van der Waals surface area contributed by atoms with Gasteiger partial charge in [0.05, 0.1) is 22.2 Å². The van der Waals surface area contributed by atoms with Crippen LogP contribution in [0.15, 0.2) is 29.8 Å². The second kappa shape index (κ2) is 16.5. The maximum atomic E-state index is 13.8. The van der Waals surface area contributed by atoms with Gasteiger partial charge in [0, 0.05) is 31.3 Å². The first-order valence-electron chi connectivity index (χ1n) is 15.1. The van der Waals surface area contributed by atoms with Crippen molar-refractivity contribution < 1.29 is 19.5 Å². The van der Waals surface area contributed by atoms with Crippen LogP contribution < -0.4 is 10.6 Å². The summed E-state index contributed by atoms with van der Waals surface area (Å²) < 4.78 is 0. The Morgan fingerprint density at radius 3 is 2.31 bits per heavy atom. The molecule has 1 aliphatic heterocycles. The SMILES string of the molecule is Cc1ncsc1-c1ccc(CNC(=O)[C@H]2C[C@H](O)CN2C(=O)[C@H](NC(=O)CCCCCCCCCBr)C(C)(C)C)cc1. The first-order chi connectivity index (χ1) is 20.0. The molecule has 0 radical (unpaired) electrons. The number of carbonyl (C=O) groups is 3. The third kappa shape index (κ3) is 10.2. The lowest BCUT2D eigenvalue weighted by Crippen LogP contribution is -2.57. The van der Waals surface area contributed by atoms with Crippen LogP contribution in [0.4, 0.5) is 0 Å². The van der Waals surface area contributed by atoms with Crippen LogP contribution >= 0.6 is 27.3 Å². The van der Waals surface area contributed by atoms with Crippen molar-refractivity contribution in [1.29, 1.82) is 0 Å². The quantitative estimate of drug-likeness (QED) is 0.166. The fourth-order valence-corrected chi connectivity index (χ4v) is 6.49. The van der Waals surface area contributed by atoms with Crippen molar-refractivity contribution in [2.75, 3.05) is 11.9 Å². The van der Waals surface area contributed by atoms with Crippen LogP contribution in [0.3, 0.4) is 0 Å². The Morgan fingerprint density at radius 1 is 1.07 bits per heavy atom. The first-order valence-corrected chi connectivity index (χ1v) is 17.1. The van der Waals surface area contributed by atoms with Crippen molar-refractivity contribution in [3.8, 4) is 10.4 Å². The van der Waals surface area contributed by atoms with Gasteiger partial charge in [0.15, 0.2) is 0 Å². The number of hydrogen-bond donors (Lipinski definition) is 3. The Kier molecular flexibility index (Phi) is 13.5. The number of benzene rings is 1. The second-order valence-corrected chi connectivity index (χ2v) is 14.0. The third-order valence-corrected chi connectivity index (χ3v) is 9.29. The van der Waals surface area contributed by atoms with Gasteiger partial charge in [-0.3, -0.25) is 14.4 Å². The smallest absolute Gasteiger partial charge is 0.246 e. The molecule has 1 saturated heterocycles. The van der Waals surface area contributed by atoms with Crippen molar-refractivity contribution in [2.24, 2.45) is 5.41 Å². The minimum Gasteiger partial charge on any atom is -0.391 e. The highest BCUT2D eigenvalue weighted by Crippen LogP contribution is 2.28. The molecule has 0 saturated carbocycles. The van der Waals surface area contributed by atoms with Crippen molar-refractivity contribution >= 4 is 45.0 Å². The van der Waals surface area contributed by atoms with Gasteiger partial charge in [-0.15, -0.1) is 11.3 Å². The van der Waals surface area contributed by atoms with Crippen LogP contribution in [0.1, 0.15) is 89.8 Å². The Morgan fingerprint density at radius 2 is 1.71 bits per heavy atom. The van der Waals surface area contributed by atoms with E-state index in [1.54, 1.807) is 11.3 Å². The lowest BCUT2D eigenvalue weighted by Gasteiger charge is -2.35. The van der Waals surface area contributed by atoms with Gasteiger partial charge in [0.25, 0.3) is 0 Å². The number of likely N-dealkylation sites (tertiary alicyclic amines) is 1. The number of rotatable bonds is 15. The van der Waals surface area contributed by atoms with Crippen LogP contribution in [0.25, 0.3) is 10.4 Å². The van der Waals surface area contributed by atoms with E-state index in [9.17, 15) is 19.5 Å². The molecule has 0 spiro atoms. The molecule has 232 valence electrons. The average molecular weight is 664 g/mol. The third-order valence-electron chi connectivity index (χ3n) is 7.75. The number of aryl methyl sites for hydroxylation is 1. The molecule has 3 atom stereocenters. The normalized spacial score (nSPS) is 17.7. The second-order valence-electron chi connectivity index (χ2n) is 12.4. The number of amides is 3. The van der Waals surface area contributed by atoms with Gasteiger partial charge in [0.2, 0.25) is 17.7 Å². The summed E-state index contributed by atoms with van der Waals surface area (Å²) in [5.41, 5.74) is 4.27. The molecule has 0 aliphatic carbocycles. The lowest BCUT2D eigenvalue weighted by molar-refractivity contribution is -0.144. The zero-order chi connectivity index (χ0) is 30.7. The van der Waals surface area contributed by atoms with Gasteiger partial charge in [-0.05, 0) is 36.3 Å². The van der Waals surface area contributed by atoms with Crippen LogP contribution in [-0.4, -0.2) is 62.8 Å². The Labute approximate surface area is 263 Å². The maximum Gasteiger partial charge on any atom is 0.246 e. The van der Waals surface area contributed by atoms with Crippen LogP contribution in [-0.2, 0) is 20.9 Å². The molecule has 1 aromatic heterocycles. The van der Waals surface area contributed by atoms with E-state index in [0.717, 1.165) is 46.3 Å². The molecule has 8 nitrogen and oxygen atoms in total. The summed E-state index contributed by atoms with van der Waals surface area (Å²) in [6.45, 7) is 8.07. The minimum absolute atomic E-state index is 0.0668. The van der Waals surface area contributed by atoms with Crippen LogP contribution in [0, 0.1) is 12.3 Å². The molecule has 2 aromatic rings. The minimum atomic E-state index is -0.794. The molecular weight excluding hydrogens is 616 g/mol. The van der Waals surface area contributed by atoms with E-state index in [1.165, 1.54) is 30.6 Å². The number of nitrogens with one attached hydrogen (secondary N) is 2. The van der Waals surface area contributed by atoms with Crippen molar-refractivity contribution in [2.45, 2.75) is 110 Å². The molecule has 1 aliphatic rings. The average Bonchev–Trinajstić information content (AvgIpc) is 3.56. The van der Waals surface area contributed by atoms with Gasteiger partial charge < -0.3 is 20.6 Å². The predicted octanol–water partition coefficient (Wildman–Crippen LogP) is 5.74. The van der Waals surface area contributed by atoms with E-state index < -0.39 is 23.6 Å². The zero-order valence-electron chi connectivity index (χ0n) is 25.5. The van der Waals surface area contributed by atoms with Gasteiger partial charge >= 0.3 is 0 Å². The van der Waals surface area contributed by atoms with E-state index in [1.807, 2.05) is 57.5 Å². The Balaban J connectivity index is 1.54. The Bertz CT molecular complexity index is 1160. The number of nitrogens with zero attached hydrogens (tertiary/aromatic N) is 2. The van der Waals surface area contributed by atoms with E-state index in [4.69, 9.17) is 0 Å². The number of aromatic nitrogens is 1. The summed E-state index contributed by atoms with van der Waals surface area (Å²) in [6.07, 6.45) is 7.45. The molecule has 3 amide bonds. The first kappa shape index (κ1) is 34.2. The van der Waals surface area contributed by atoms with Gasteiger partial charge in [-0.1, -0.05) is 93.1 Å². The molecular formula is C32H47BrN4O4S. The largest absolute Gasteiger partial charge is 0.391 e. The van der Waals surface area contributed by atoms with E-state index in [2.05, 4.69) is 31.5 Å². The standard InChI is InChI=1S/C32H47BrN4O4S/c1-22-28(42-21-35-22)24-15-13-23(14-16-24)19-34-30(40)26-18-25(38)20-37(26)31(41)29(32(2,3)4)36-27(39)12-10-8-6-5-7-9-11-17-33/h13-16,21,25-26,29,38H,5-12,17-20H2,1-4H3,(H,34,40)(H,36,39)/t25-,26+,29-/m0/s1. The van der Waals surface area contributed by atoms with E-state index in [0.29, 0.717) is 13.0 Å². The van der Waals surface area contributed by atoms with Crippen molar-refractivity contribution in [3.05, 3.63) is 41.0 Å². The van der Waals surface area contributed by atoms with Crippen molar-refractivity contribution in [1.82, 2.24) is 20.5 Å². The van der Waals surface area contributed by atoms with Crippen LogP contribution in [0.5, 0.6) is 0 Å². The number of β-amino-alcohol motifs (C(OH)–C–C–N with tert-alkyl or cyclic N) is 1. The molecule has 10 heteroatoms. The highest BCUT2D eigenvalue weighted by molar-refractivity contribution is 9.09. The molecule has 1 aromatic carbocycles. The number of alkyl halides is 1. The van der Waals surface area contributed by atoms with Gasteiger partial charge in [-0.2, -0.15) is 0 Å². The molecule has 3 N–H and O–H groups in total. The fourth-order valence-electron chi connectivity index (χ4n) is 5.28. The molecule has 0 unspecified atom stereocenters. The topological polar surface area (TPSA) is 112 Å². The summed E-state index contributed by atoms with van der Waals surface area (Å²) in [5.74, 6) is -0.790. The monoisotopic (exact) mass is 662 g/mol. The molecule has 3 rings (SSSR count). The maximum absolute atomic E-state index is 13.8.